The SMILES string of the molecule is CN1CC(=O)N(c2cccc(NC(=O)NC[C@]3(O)CCCNC3)c2)C1=O. The number of carbonyl (C=O) groups is 3. The van der Waals surface area contributed by atoms with Gasteiger partial charge in [-0.05, 0) is 37.6 Å². The molecule has 9 nitrogen and oxygen atoms in total. The number of imide groups is 1. The minimum Gasteiger partial charge on any atom is -0.387 e. The molecule has 0 saturated carbocycles. The Kier molecular flexibility index (Phi) is 5.10. The quantitative estimate of drug-likeness (QED) is 0.577. The fourth-order valence-corrected chi connectivity index (χ4v) is 3.12. The van der Waals surface area contributed by atoms with Crippen molar-refractivity contribution in [2.75, 3.05) is 43.4 Å². The highest BCUT2D eigenvalue weighted by Gasteiger charge is 2.35. The van der Waals surface area contributed by atoms with E-state index in [-0.39, 0.29) is 19.0 Å². The normalized spacial score (nSPS) is 23.3. The van der Waals surface area contributed by atoms with Crippen LogP contribution in [0.5, 0.6) is 0 Å². The van der Waals surface area contributed by atoms with Gasteiger partial charge >= 0.3 is 12.1 Å². The van der Waals surface area contributed by atoms with E-state index in [9.17, 15) is 19.5 Å². The number of likely N-dealkylation sites (N-methyl/N-ethyl adjacent to an activating group) is 1. The second-order valence-electron chi connectivity index (χ2n) is 6.73. The van der Waals surface area contributed by atoms with E-state index in [1.807, 2.05) is 0 Å². The first kappa shape index (κ1) is 18.2. The van der Waals surface area contributed by atoms with Crippen LogP contribution in [0.25, 0.3) is 0 Å². The van der Waals surface area contributed by atoms with E-state index in [0.29, 0.717) is 24.3 Å². The summed E-state index contributed by atoms with van der Waals surface area (Å²) in [5, 5.41) is 18.8. The Morgan fingerprint density at radius 2 is 2.19 bits per heavy atom. The lowest BCUT2D eigenvalue weighted by atomic mass is 9.94. The molecule has 2 heterocycles. The minimum absolute atomic E-state index is 0.0313. The highest BCUT2D eigenvalue weighted by molar-refractivity contribution is 6.19. The van der Waals surface area contributed by atoms with Gasteiger partial charge in [-0.3, -0.25) is 4.79 Å². The predicted octanol–water partition coefficient (Wildman–Crippen LogP) is 0.321. The Morgan fingerprint density at radius 1 is 1.38 bits per heavy atom. The number of amides is 5. The Bertz CT molecular complexity index is 717. The van der Waals surface area contributed by atoms with E-state index in [0.717, 1.165) is 17.9 Å². The molecule has 9 heteroatoms. The third-order valence-corrected chi connectivity index (χ3v) is 4.53. The molecule has 2 fully saturated rings. The van der Waals surface area contributed by atoms with Gasteiger partial charge in [-0.1, -0.05) is 6.07 Å². The number of nitrogens with one attached hydrogen (secondary N) is 3. The van der Waals surface area contributed by atoms with Crippen molar-refractivity contribution in [1.82, 2.24) is 15.5 Å². The molecule has 2 aliphatic heterocycles. The van der Waals surface area contributed by atoms with E-state index >= 15 is 0 Å². The van der Waals surface area contributed by atoms with E-state index in [1.165, 1.54) is 4.90 Å². The van der Waals surface area contributed by atoms with Gasteiger partial charge < -0.3 is 26.0 Å². The molecule has 3 rings (SSSR count). The van der Waals surface area contributed by atoms with Gasteiger partial charge in [-0.2, -0.15) is 0 Å². The lowest BCUT2D eigenvalue weighted by Gasteiger charge is -2.32. The van der Waals surface area contributed by atoms with E-state index < -0.39 is 17.7 Å². The number of benzene rings is 1. The van der Waals surface area contributed by atoms with Gasteiger partial charge in [-0.15, -0.1) is 0 Å². The fraction of sp³-hybridized carbons (Fsp3) is 0.471. The first-order valence-corrected chi connectivity index (χ1v) is 8.54. The number of anilines is 2. The molecule has 1 aromatic carbocycles. The summed E-state index contributed by atoms with van der Waals surface area (Å²) in [5.41, 5.74) is -0.0997. The van der Waals surface area contributed by atoms with Crippen molar-refractivity contribution < 1.29 is 19.5 Å². The van der Waals surface area contributed by atoms with Gasteiger partial charge in [0, 0.05) is 25.8 Å². The van der Waals surface area contributed by atoms with Crippen molar-refractivity contribution >= 4 is 29.3 Å². The highest BCUT2D eigenvalue weighted by atomic mass is 16.3. The molecule has 1 aromatic rings. The molecule has 140 valence electrons. The number of aliphatic hydroxyl groups is 1. The molecule has 0 spiro atoms. The minimum atomic E-state index is -0.948. The average molecular weight is 361 g/mol. The molecule has 0 aliphatic carbocycles. The average Bonchev–Trinajstić information content (AvgIpc) is 2.86. The number of carbonyl (C=O) groups excluding carboxylic acids is 3. The van der Waals surface area contributed by atoms with Crippen molar-refractivity contribution in [2.45, 2.75) is 18.4 Å². The summed E-state index contributed by atoms with van der Waals surface area (Å²) in [6, 6.07) is 5.65. The molecular weight excluding hydrogens is 338 g/mol. The van der Waals surface area contributed by atoms with Crippen LogP contribution in [0.1, 0.15) is 12.8 Å². The summed E-state index contributed by atoms with van der Waals surface area (Å²) in [6.07, 6.45) is 1.48. The lowest BCUT2D eigenvalue weighted by Crippen LogP contribution is -2.53. The van der Waals surface area contributed by atoms with Gasteiger partial charge in [0.15, 0.2) is 0 Å². The van der Waals surface area contributed by atoms with E-state index in [4.69, 9.17) is 0 Å². The zero-order chi connectivity index (χ0) is 18.7. The first-order chi connectivity index (χ1) is 12.4. The van der Waals surface area contributed by atoms with Crippen LogP contribution < -0.4 is 20.9 Å². The lowest BCUT2D eigenvalue weighted by molar-refractivity contribution is -0.116. The number of hydrogen-bond donors (Lipinski definition) is 4. The molecule has 0 radical (unpaired) electrons. The summed E-state index contributed by atoms with van der Waals surface area (Å²) < 4.78 is 0. The topological polar surface area (TPSA) is 114 Å². The molecule has 0 unspecified atom stereocenters. The Balaban J connectivity index is 1.61. The standard InChI is InChI=1S/C17H23N5O4/c1-21-9-14(23)22(16(21)25)13-5-2-4-12(8-13)20-15(24)19-11-17(26)6-3-7-18-10-17/h2,4-5,8,18,26H,3,6-7,9-11H2,1H3,(H2,19,20,24)/t17-/m0/s1. The number of nitrogens with zero attached hydrogens (tertiary/aromatic N) is 2. The zero-order valence-electron chi connectivity index (χ0n) is 14.6. The molecule has 1 atom stereocenters. The molecule has 0 aromatic heterocycles. The number of β-amino-alcohol motifs (C(OH)–C–C–N with tert-alkyl or cyclic N) is 1. The van der Waals surface area contributed by atoms with Crippen molar-refractivity contribution in [2.24, 2.45) is 0 Å². The summed E-state index contributed by atoms with van der Waals surface area (Å²) in [6.45, 7) is 1.48. The van der Waals surface area contributed by atoms with Gasteiger partial charge in [0.1, 0.15) is 6.54 Å². The van der Waals surface area contributed by atoms with E-state index in [1.54, 1.807) is 31.3 Å². The number of piperidine rings is 1. The number of urea groups is 2. The van der Waals surface area contributed by atoms with Crippen molar-refractivity contribution in [3.63, 3.8) is 0 Å². The molecular formula is C17H23N5O4. The Hall–Kier alpha value is -2.65. The molecule has 5 amide bonds. The number of rotatable bonds is 4. The third-order valence-electron chi connectivity index (χ3n) is 4.53. The van der Waals surface area contributed by atoms with Crippen LogP contribution in [0, 0.1) is 0 Å². The largest absolute Gasteiger partial charge is 0.387 e. The van der Waals surface area contributed by atoms with Crippen LogP contribution in [0.2, 0.25) is 0 Å². The Morgan fingerprint density at radius 3 is 2.85 bits per heavy atom. The summed E-state index contributed by atoms with van der Waals surface area (Å²) in [4.78, 5) is 38.5. The summed E-state index contributed by atoms with van der Waals surface area (Å²) >= 11 is 0. The monoisotopic (exact) mass is 361 g/mol. The number of hydrogen-bond acceptors (Lipinski definition) is 5. The molecule has 2 aliphatic rings. The van der Waals surface area contributed by atoms with E-state index in [2.05, 4.69) is 16.0 Å². The van der Waals surface area contributed by atoms with Crippen molar-refractivity contribution in [3.05, 3.63) is 24.3 Å². The van der Waals surface area contributed by atoms with Crippen LogP contribution in [0.4, 0.5) is 21.0 Å². The molecule has 2 saturated heterocycles. The van der Waals surface area contributed by atoms with Crippen LogP contribution in [-0.2, 0) is 4.79 Å². The second-order valence-corrected chi connectivity index (χ2v) is 6.73. The Labute approximate surface area is 151 Å². The van der Waals surface area contributed by atoms with Crippen LogP contribution >= 0.6 is 0 Å². The van der Waals surface area contributed by atoms with Gasteiger partial charge in [0.05, 0.1) is 11.3 Å². The van der Waals surface area contributed by atoms with Gasteiger partial charge in [-0.25, -0.2) is 14.5 Å². The van der Waals surface area contributed by atoms with Crippen LogP contribution in [0.15, 0.2) is 24.3 Å². The first-order valence-electron chi connectivity index (χ1n) is 8.54. The summed E-state index contributed by atoms with van der Waals surface area (Å²) in [7, 11) is 1.56. The van der Waals surface area contributed by atoms with Crippen LogP contribution in [-0.4, -0.2) is 66.8 Å². The maximum Gasteiger partial charge on any atom is 0.331 e. The van der Waals surface area contributed by atoms with Gasteiger partial charge in [0.2, 0.25) is 0 Å². The second kappa shape index (κ2) is 7.30. The summed E-state index contributed by atoms with van der Waals surface area (Å²) in [5.74, 6) is -0.314. The molecule has 4 N–H and O–H groups in total. The maximum atomic E-state index is 12.1. The zero-order valence-corrected chi connectivity index (χ0v) is 14.6. The predicted molar refractivity (Wildman–Crippen MR) is 96.0 cm³/mol. The van der Waals surface area contributed by atoms with Crippen LogP contribution in [0.3, 0.4) is 0 Å². The molecule has 0 bridgehead atoms. The molecule has 26 heavy (non-hydrogen) atoms. The maximum absolute atomic E-state index is 12.1. The fourth-order valence-electron chi connectivity index (χ4n) is 3.12. The van der Waals surface area contributed by atoms with Crippen molar-refractivity contribution in [3.8, 4) is 0 Å². The smallest absolute Gasteiger partial charge is 0.331 e. The third kappa shape index (κ3) is 3.94. The van der Waals surface area contributed by atoms with Crippen molar-refractivity contribution in [1.29, 1.82) is 0 Å². The van der Waals surface area contributed by atoms with Gasteiger partial charge in [0.25, 0.3) is 5.91 Å². The highest BCUT2D eigenvalue weighted by Crippen LogP contribution is 2.24.